The van der Waals surface area contributed by atoms with Gasteiger partial charge in [-0.05, 0) is 31.2 Å². The van der Waals surface area contributed by atoms with Crippen LogP contribution in [-0.2, 0) is 9.53 Å². The molecule has 17 heavy (non-hydrogen) atoms. The number of hydrogen-bond acceptors (Lipinski definition) is 2. The number of aromatic nitrogens is 1. The number of carbonyl (C=O) groups excluding carboxylic acids is 1. The van der Waals surface area contributed by atoms with Gasteiger partial charge in [-0.2, -0.15) is 0 Å². The summed E-state index contributed by atoms with van der Waals surface area (Å²) in [6.07, 6.45) is -0.323. The van der Waals surface area contributed by atoms with E-state index < -0.39 is 12.3 Å². The van der Waals surface area contributed by atoms with E-state index in [0.29, 0.717) is 10.5 Å². The number of benzene rings is 1. The van der Waals surface area contributed by atoms with Crippen molar-refractivity contribution in [2.45, 2.75) is 13.2 Å². The smallest absolute Gasteiger partial charge is 0.362 e. The van der Waals surface area contributed by atoms with Crippen LogP contribution in [0, 0.1) is 0 Å². The van der Waals surface area contributed by atoms with Crippen molar-refractivity contribution < 1.29 is 13.9 Å². The molecule has 0 radical (unpaired) electrons. The zero-order chi connectivity index (χ0) is 12.4. The number of halogens is 2. The Balaban J connectivity index is 2.39. The van der Waals surface area contributed by atoms with Crippen LogP contribution in [-0.4, -0.2) is 17.1 Å². The van der Waals surface area contributed by atoms with Crippen LogP contribution in [0.15, 0.2) is 30.5 Å². The number of ether oxygens (including phenoxy) is 1. The Kier molecular flexibility index (Phi) is 3.33. The molecule has 0 aliphatic carbocycles. The summed E-state index contributed by atoms with van der Waals surface area (Å²) in [6.45, 7) is 1.79. The van der Waals surface area contributed by atoms with Gasteiger partial charge in [0, 0.05) is 16.6 Å². The summed E-state index contributed by atoms with van der Waals surface area (Å²) in [5.74, 6) is -0.889. The van der Waals surface area contributed by atoms with Crippen molar-refractivity contribution in [3.8, 4) is 0 Å². The minimum atomic E-state index is -1.83. The second kappa shape index (κ2) is 4.75. The highest BCUT2D eigenvalue weighted by molar-refractivity contribution is 6.31. The van der Waals surface area contributed by atoms with E-state index in [4.69, 9.17) is 11.6 Å². The molecule has 0 amide bonds. The first-order valence-electron chi connectivity index (χ1n) is 5.20. The van der Waals surface area contributed by atoms with Crippen molar-refractivity contribution in [2.75, 3.05) is 6.61 Å². The summed E-state index contributed by atoms with van der Waals surface area (Å²) in [4.78, 5) is 11.3. The van der Waals surface area contributed by atoms with Gasteiger partial charge in [0.2, 0.25) is 0 Å². The van der Waals surface area contributed by atoms with Gasteiger partial charge in [-0.25, -0.2) is 9.18 Å². The van der Waals surface area contributed by atoms with E-state index in [-0.39, 0.29) is 6.61 Å². The quantitative estimate of drug-likeness (QED) is 0.788. The molecule has 2 rings (SSSR count). The Bertz CT molecular complexity index is 552. The Morgan fingerprint density at radius 1 is 1.53 bits per heavy atom. The summed E-state index contributed by atoms with van der Waals surface area (Å²) >= 11 is 5.83. The van der Waals surface area contributed by atoms with Gasteiger partial charge < -0.3 is 9.30 Å². The van der Waals surface area contributed by atoms with E-state index in [9.17, 15) is 9.18 Å². The van der Waals surface area contributed by atoms with Gasteiger partial charge in [0.05, 0.1) is 12.1 Å². The molecule has 3 nitrogen and oxygen atoms in total. The molecule has 0 fully saturated rings. The third-order valence-electron chi connectivity index (χ3n) is 2.41. The predicted molar refractivity (Wildman–Crippen MR) is 63.7 cm³/mol. The number of alkyl halides is 1. The highest BCUT2D eigenvalue weighted by Crippen LogP contribution is 2.24. The minimum Gasteiger partial charge on any atom is -0.462 e. The monoisotopic (exact) mass is 255 g/mol. The number of hydrogen-bond donors (Lipinski definition) is 0. The Morgan fingerprint density at radius 3 is 3.00 bits per heavy atom. The Labute approximate surface area is 103 Å². The fraction of sp³-hybridized carbons (Fsp3) is 0.250. The van der Waals surface area contributed by atoms with Crippen molar-refractivity contribution in [1.29, 1.82) is 0 Å². The van der Waals surface area contributed by atoms with Crippen LogP contribution < -0.4 is 0 Å². The molecule has 2 aromatic rings. The van der Waals surface area contributed by atoms with E-state index in [1.807, 2.05) is 0 Å². The van der Waals surface area contributed by atoms with Crippen molar-refractivity contribution in [3.05, 3.63) is 35.5 Å². The van der Waals surface area contributed by atoms with E-state index in [1.165, 1.54) is 10.8 Å². The van der Waals surface area contributed by atoms with Crippen LogP contribution in [0.4, 0.5) is 4.39 Å². The number of carbonyl (C=O) groups is 1. The van der Waals surface area contributed by atoms with Gasteiger partial charge in [-0.3, -0.25) is 0 Å². The van der Waals surface area contributed by atoms with Crippen LogP contribution in [0.2, 0.25) is 5.02 Å². The first-order valence-corrected chi connectivity index (χ1v) is 5.58. The molecule has 0 N–H and O–H groups in total. The van der Waals surface area contributed by atoms with Gasteiger partial charge in [-0.1, -0.05) is 11.6 Å². The summed E-state index contributed by atoms with van der Waals surface area (Å²) in [5, 5.41) is 1.35. The Morgan fingerprint density at radius 2 is 2.29 bits per heavy atom. The fourth-order valence-corrected chi connectivity index (χ4v) is 1.84. The third-order valence-corrected chi connectivity index (χ3v) is 2.64. The molecule has 1 unspecified atom stereocenters. The molecule has 0 aliphatic heterocycles. The molecular weight excluding hydrogens is 245 g/mol. The first-order chi connectivity index (χ1) is 8.13. The highest BCUT2D eigenvalue weighted by atomic mass is 35.5. The number of esters is 1. The second-order valence-electron chi connectivity index (χ2n) is 3.51. The number of nitrogens with zero attached hydrogens (tertiary/aromatic N) is 1. The molecule has 5 heteroatoms. The van der Waals surface area contributed by atoms with E-state index in [0.717, 1.165) is 5.39 Å². The number of rotatable bonds is 3. The van der Waals surface area contributed by atoms with Crippen LogP contribution in [0.25, 0.3) is 10.9 Å². The van der Waals surface area contributed by atoms with E-state index >= 15 is 0 Å². The minimum absolute atomic E-state index is 0.157. The molecule has 1 atom stereocenters. The lowest BCUT2D eigenvalue weighted by molar-refractivity contribution is -0.152. The van der Waals surface area contributed by atoms with Crippen molar-refractivity contribution in [1.82, 2.24) is 4.57 Å². The average molecular weight is 256 g/mol. The average Bonchev–Trinajstić information content (AvgIpc) is 2.71. The van der Waals surface area contributed by atoms with Crippen LogP contribution in [0.3, 0.4) is 0 Å². The van der Waals surface area contributed by atoms with Gasteiger partial charge in [0.1, 0.15) is 0 Å². The van der Waals surface area contributed by atoms with Gasteiger partial charge in [0.25, 0.3) is 6.30 Å². The molecule has 0 saturated carbocycles. The zero-order valence-electron chi connectivity index (χ0n) is 9.19. The topological polar surface area (TPSA) is 31.2 Å². The molecule has 1 aromatic carbocycles. The molecular formula is C12H11ClFNO2. The van der Waals surface area contributed by atoms with Crippen molar-refractivity contribution in [3.63, 3.8) is 0 Å². The SMILES string of the molecule is CCOC(=O)C(F)n1ccc2cc(Cl)ccc21. The highest BCUT2D eigenvalue weighted by Gasteiger charge is 2.21. The third kappa shape index (κ3) is 2.26. The standard InChI is InChI=1S/C12H11ClFNO2/c1-2-17-12(16)11(14)15-6-5-8-7-9(13)3-4-10(8)15/h3-7,11H,2H2,1H3. The van der Waals surface area contributed by atoms with Crippen molar-refractivity contribution >= 4 is 28.5 Å². The van der Waals surface area contributed by atoms with Crippen LogP contribution in [0.5, 0.6) is 0 Å². The molecule has 0 aliphatic rings. The lowest BCUT2D eigenvalue weighted by Crippen LogP contribution is -2.17. The van der Waals surface area contributed by atoms with Gasteiger partial charge in [0.15, 0.2) is 0 Å². The van der Waals surface area contributed by atoms with Crippen LogP contribution in [0.1, 0.15) is 13.2 Å². The first kappa shape index (κ1) is 11.9. The Hall–Kier alpha value is -1.55. The summed E-state index contributed by atoms with van der Waals surface area (Å²) in [6, 6.07) is 6.74. The van der Waals surface area contributed by atoms with Crippen molar-refractivity contribution in [2.24, 2.45) is 0 Å². The zero-order valence-corrected chi connectivity index (χ0v) is 9.95. The summed E-state index contributed by atoms with van der Waals surface area (Å²) in [5.41, 5.74) is 0.606. The summed E-state index contributed by atoms with van der Waals surface area (Å²) in [7, 11) is 0. The molecule has 1 heterocycles. The maximum atomic E-state index is 13.8. The molecule has 1 aromatic heterocycles. The number of fused-ring (bicyclic) bond motifs is 1. The van der Waals surface area contributed by atoms with E-state index in [1.54, 1.807) is 31.2 Å². The molecule has 0 saturated heterocycles. The van der Waals surface area contributed by atoms with E-state index in [2.05, 4.69) is 4.74 Å². The summed E-state index contributed by atoms with van der Waals surface area (Å²) < 4.78 is 19.7. The van der Waals surface area contributed by atoms with Crippen LogP contribution >= 0.6 is 11.6 Å². The second-order valence-corrected chi connectivity index (χ2v) is 3.95. The molecule has 0 spiro atoms. The lowest BCUT2D eigenvalue weighted by Gasteiger charge is -2.10. The maximum absolute atomic E-state index is 13.8. The van der Waals surface area contributed by atoms with Gasteiger partial charge >= 0.3 is 5.97 Å². The maximum Gasteiger partial charge on any atom is 0.362 e. The fourth-order valence-electron chi connectivity index (χ4n) is 1.66. The largest absolute Gasteiger partial charge is 0.462 e. The molecule has 0 bridgehead atoms. The molecule has 90 valence electrons. The van der Waals surface area contributed by atoms with Gasteiger partial charge in [-0.15, -0.1) is 0 Å². The lowest BCUT2D eigenvalue weighted by atomic mass is 10.2. The normalized spacial score (nSPS) is 12.6. The predicted octanol–water partition coefficient (Wildman–Crippen LogP) is 3.33.